The van der Waals surface area contributed by atoms with E-state index in [1.807, 2.05) is 0 Å². The molecule has 23 heavy (non-hydrogen) atoms. The van der Waals surface area contributed by atoms with Crippen LogP contribution >= 0.6 is 0 Å². The number of hydrogen-bond donors (Lipinski definition) is 1. The zero-order valence-electron chi connectivity index (χ0n) is 12.6. The van der Waals surface area contributed by atoms with Crippen molar-refractivity contribution in [2.45, 2.75) is 6.54 Å². The first-order chi connectivity index (χ1) is 11.2. The lowest BCUT2D eigenvalue weighted by molar-refractivity contribution is 0.0949. The third-order valence-corrected chi connectivity index (χ3v) is 3.46. The Bertz CT molecular complexity index is 698. The lowest BCUT2D eigenvalue weighted by atomic mass is 10.1. The Balaban J connectivity index is 1.75. The average molecular weight is 317 g/mol. The first-order valence-corrected chi connectivity index (χ1v) is 7.17. The smallest absolute Gasteiger partial charge is 0.251 e. The van der Waals surface area contributed by atoms with Crippen LogP contribution in [-0.2, 0) is 6.54 Å². The normalized spacial score (nSPS) is 12.6. The first-order valence-electron chi connectivity index (χ1n) is 7.17. The summed E-state index contributed by atoms with van der Waals surface area (Å²) in [6.07, 6.45) is 0. The van der Waals surface area contributed by atoms with Gasteiger partial charge in [0.25, 0.3) is 5.91 Å². The van der Waals surface area contributed by atoms with Crippen molar-refractivity contribution < 1.29 is 23.4 Å². The highest BCUT2D eigenvalue weighted by atomic mass is 19.1. The number of fused-ring (bicyclic) bond motifs is 1. The van der Waals surface area contributed by atoms with Crippen molar-refractivity contribution in [3.63, 3.8) is 0 Å². The summed E-state index contributed by atoms with van der Waals surface area (Å²) in [5.41, 5.74) is 1.22. The van der Waals surface area contributed by atoms with Gasteiger partial charge in [-0.2, -0.15) is 0 Å². The average Bonchev–Trinajstić information content (AvgIpc) is 2.60. The summed E-state index contributed by atoms with van der Waals surface area (Å²) in [5.74, 6) is 0.867. The summed E-state index contributed by atoms with van der Waals surface area (Å²) >= 11 is 0. The van der Waals surface area contributed by atoms with E-state index in [2.05, 4.69) is 5.32 Å². The van der Waals surface area contributed by atoms with Crippen LogP contribution in [0.1, 0.15) is 15.9 Å². The van der Waals surface area contributed by atoms with Gasteiger partial charge in [-0.05, 0) is 29.8 Å². The minimum absolute atomic E-state index is 0.274. The fraction of sp³-hybridized carbons (Fsp3) is 0.235. The Morgan fingerprint density at radius 2 is 1.96 bits per heavy atom. The maximum atomic E-state index is 12.9. The van der Waals surface area contributed by atoms with Gasteiger partial charge >= 0.3 is 0 Å². The van der Waals surface area contributed by atoms with E-state index in [1.165, 1.54) is 19.2 Å². The summed E-state index contributed by atoms with van der Waals surface area (Å²) < 4.78 is 29.1. The van der Waals surface area contributed by atoms with Gasteiger partial charge in [-0.25, -0.2) is 4.39 Å². The van der Waals surface area contributed by atoms with Crippen LogP contribution in [0.2, 0.25) is 0 Å². The molecular formula is C17H16FNO4. The lowest BCUT2D eigenvalue weighted by Gasteiger charge is -2.21. The van der Waals surface area contributed by atoms with E-state index in [1.54, 1.807) is 24.3 Å². The monoisotopic (exact) mass is 317 g/mol. The highest BCUT2D eigenvalue weighted by molar-refractivity contribution is 5.95. The Hall–Kier alpha value is -2.76. The van der Waals surface area contributed by atoms with Crippen LogP contribution in [0.3, 0.4) is 0 Å². The summed E-state index contributed by atoms with van der Waals surface area (Å²) in [5, 5.41) is 2.78. The Morgan fingerprint density at radius 1 is 1.22 bits per heavy atom. The number of ether oxygens (including phenoxy) is 3. The molecule has 1 N–H and O–H groups in total. The zero-order valence-corrected chi connectivity index (χ0v) is 12.6. The highest BCUT2D eigenvalue weighted by Crippen LogP contribution is 2.40. The largest absolute Gasteiger partial charge is 0.493 e. The molecule has 5 nitrogen and oxygen atoms in total. The van der Waals surface area contributed by atoms with Gasteiger partial charge in [-0.3, -0.25) is 4.79 Å². The minimum Gasteiger partial charge on any atom is -0.493 e. The molecule has 1 aliphatic heterocycles. The van der Waals surface area contributed by atoms with Crippen molar-refractivity contribution in [3.05, 3.63) is 53.3 Å². The van der Waals surface area contributed by atoms with E-state index in [-0.39, 0.29) is 11.7 Å². The summed E-state index contributed by atoms with van der Waals surface area (Å²) in [6, 6.07) is 9.19. The van der Waals surface area contributed by atoms with E-state index in [0.29, 0.717) is 42.6 Å². The molecular weight excluding hydrogens is 301 g/mol. The number of amides is 1. The maximum absolute atomic E-state index is 12.9. The number of rotatable bonds is 4. The van der Waals surface area contributed by atoms with E-state index >= 15 is 0 Å². The van der Waals surface area contributed by atoms with Gasteiger partial charge in [0.1, 0.15) is 19.0 Å². The van der Waals surface area contributed by atoms with Crippen LogP contribution in [0.15, 0.2) is 36.4 Å². The molecule has 0 spiro atoms. The Kier molecular flexibility index (Phi) is 4.32. The standard InChI is InChI=1S/C17H16FNO4/c1-21-14-8-12(9-15-16(14)23-7-6-22-15)17(20)19-10-11-2-4-13(18)5-3-11/h2-5,8-9H,6-7,10H2,1H3,(H,19,20). The van der Waals surface area contributed by atoms with Crippen molar-refractivity contribution in [2.24, 2.45) is 0 Å². The third kappa shape index (κ3) is 3.36. The molecule has 1 amide bonds. The van der Waals surface area contributed by atoms with E-state index in [0.717, 1.165) is 5.56 Å². The van der Waals surface area contributed by atoms with Crippen molar-refractivity contribution >= 4 is 5.91 Å². The quantitative estimate of drug-likeness (QED) is 0.941. The van der Waals surface area contributed by atoms with Crippen LogP contribution in [0.4, 0.5) is 4.39 Å². The van der Waals surface area contributed by atoms with Gasteiger partial charge in [0, 0.05) is 12.1 Å². The number of nitrogens with one attached hydrogen (secondary N) is 1. The van der Waals surface area contributed by atoms with Gasteiger partial charge in [-0.15, -0.1) is 0 Å². The molecule has 120 valence electrons. The van der Waals surface area contributed by atoms with E-state index in [9.17, 15) is 9.18 Å². The summed E-state index contributed by atoms with van der Waals surface area (Å²) in [4.78, 5) is 12.3. The van der Waals surface area contributed by atoms with Gasteiger partial charge < -0.3 is 19.5 Å². The Labute approximate surface area is 133 Å². The molecule has 3 rings (SSSR count). The molecule has 0 unspecified atom stereocenters. The number of methoxy groups -OCH3 is 1. The second-order valence-corrected chi connectivity index (χ2v) is 5.01. The summed E-state index contributed by atoms with van der Waals surface area (Å²) in [7, 11) is 1.51. The molecule has 0 aromatic heterocycles. The van der Waals surface area contributed by atoms with E-state index < -0.39 is 0 Å². The molecule has 1 aliphatic rings. The Morgan fingerprint density at radius 3 is 2.70 bits per heavy atom. The molecule has 0 saturated carbocycles. The molecule has 0 atom stereocenters. The van der Waals surface area contributed by atoms with Gasteiger partial charge in [0.05, 0.1) is 7.11 Å². The van der Waals surface area contributed by atoms with Gasteiger partial charge in [-0.1, -0.05) is 12.1 Å². The second-order valence-electron chi connectivity index (χ2n) is 5.01. The molecule has 2 aromatic rings. The summed E-state index contributed by atoms with van der Waals surface area (Å²) in [6.45, 7) is 1.17. The van der Waals surface area contributed by atoms with Gasteiger partial charge in [0.2, 0.25) is 5.75 Å². The third-order valence-electron chi connectivity index (χ3n) is 3.46. The predicted octanol–water partition coefficient (Wildman–Crippen LogP) is 2.54. The molecule has 6 heteroatoms. The fourth-order valence-electron chi connectivity index (χ4n) is 2.29. The van der Waals surface area contributed by atoms with Crippen molar-refractivity contribution in [1.29, 1.82) is 0 Å². The molecule has 0 aliphatic carbocycles. The fourth-order valence-corrected chi connectivity index (χ4v) is 2.29. The van der Waals surface area contributed by atoms with Crippen LogP contribution in [0, 0.1) is 5.82 Å². The van der Waals surface area contributed by atoms with Crippen LogP contribution in [0.25, 0.3) is 0 Å². The van der Waals surface area contributed by atoms with Crippen LogP contribution in [-0.4, -0.2) is 26.2 Å². The molecule has 0 bridgehead atoms. The lowest BCUT2D eigenvalue weighted by Crippen LogP contribution is -2.23. The number of benzene rings is 2. The highest BCUT2D eigenvalue weighted by Gasteiger charge is 2.20. The maximum Gasteiger partial charge on any atom is 0.251 e. The molecule has 2 aromatic carbocycles. The number of hydrogen-bond acceptors (Lipinski definition) is 4. The second kappa shape index (κ2) is 6.56. The van der Waals surface area contributed by atoms with Crippen molar-refractivity contribution in [3.8, 4) is 17.2 Å². The van der Waals surface area contributed by atoms with Gasteiger partial charge in [0.15, 0.2) is 11.5 Å². The zero-order chi connectivity index (χ0) is 16.2. The topological polar surface area (TPSA) is 56.8 Å². The van der Waals surface area contributed by atoms with Crippen molar-refractivity contribution in [1.82, 2.24) is 5.32 Å². The number of carbonyl (C=O) groups is 1. The molecule has 0 saturated heterocycles. The molecule has 0 fully saturated rings. The molecule has 0 radical (unpaired) electrons. The predicted molar refractivity (Wildman–Crippen MR) is 81.6 cm³/mol. The first kappa shape index (κ1) is 15.1. The minimum atomic E-state index is -0.309. The molecule has 1 heterocycles. The SMILES string of the molecule is COc1cc(C(=O)NCc2ccc(F)cc2)cc2c1OCCO2. The van der Waals surface area contributed by atoms with Crippen LogP contribution in [0.5, 0.6) is 17.2 Å². The van der Waals surface area contributed by atoms with Crippen molar-refractivity contribution in [2.75, 3.05) is 20.3 Å². The number of halogens is 1. The number of carbonyl (C=O) groups excluding carboxylic acids is 1. The van der Waals surface area contributed by atoms with E-state index in [4.69, 9.17) is 14.2 Å². The van der Waals surface area contributed by atoms with Crippen LogP contribution < -0.4 is 19.5 Å².